The number of carbonyl (C=O) groups excluding carboxylic acids is 4. The van der Waals surface area contributed by atoms with Crippen LogP contribution in [-0.4, -0.2) is 41.2 Å². The minimum atomic E-state index is -1.32. The highest BCUT2D eigenvalue weighted by Gasteiger charge is 2.47. The zero-order valence-electron chi connectivity index (χ0n) is 18.8. The predicted molar refractivity (Wildman–Crippen MR) is 144 cm³/mol. The van der Waals surface area contributed by atoms with Crippen LogP contribution in [0.15, 0.2) is 16.6 Å². The first-order valence-electron chi connectivity index (χ1n) is 10.6. The lowest BCUT2D eigenvalue weighted by atomic mass is 10.1. The first-order chi connectivity index (χ1) is 16.9. The van der Waals surface area contributed by atoms with Gasteiger partial charge in [-0.1, -0.05) is 77.8 Å². The second-order valence-electron chi connectivity index (χ2n) is 7.88. The Morgan fingerprint density at radius 1 is 1.00 bits per heavy atom. The van der Waals surface area contributed by atoms with Gasteiger partial charge in [-0.05, 0) is 47.0 Å². The number of imide groups is 1. The van der Waals surface area contributed by atoms with Crippen LogP contribution in [0.2, 0.25) is 25.1 Å². The van der Waals surface area contributed by atoms with Gasteiger partial charge in [-0.3, -0.25) is 19.3 Å². The number of benzene rings is 2. The molecule has 0 saturated heterocycles. The van der Waals surface area contributed by atoms with Crippen molar-refractivity contribution >= 4 is 103 Å². The summed E-state index contributed by atoms with van der Waals surface area (Å²) >= 11 is 33.9. The van der Waals surface area contributed by atoms with Gasteiger partial charge in [0.15, 0.2) is 6.61 Å². The van der Waals surface area contributed by atoms with Crippen LogP contribution in [0, 0.1) is 6.92 Å². The van der Waals surface area contributed by atoms with Gasteiger partial charge in [0.1, 0.15) is 6.04 Å². The Balaban J connectivity index is 1.81. The molecule has 192 valence electrons. The molecule has 13 heteroatoms. The third kappa shape index (κ3) is 5.64. The molecule has 2 aromatic carbocycles. The molecule has 0 bridgehead atoms. The lowest BCUT2D eigenvalue weighted by molar-refractivity contribution is -0.151. The van der Waals surface area contributed by atoms with E-state index in [0.717, 1.165) is 10.5 Å². The number of hydrogen-bond donors (Lipinski definition) is 1. The molecule has 0 unspecified atom stereocenters. The molecule has 2 aromatic rings. The van der Waals surface area contributed by atoms with E-state index in [1.54, 1.807) is 19.1 Å². The molecule has 0 aromatic heterocycles. The van der Waals surface area contributed by atoms with Crippen LogP contribution in [0.1, 0.15) is 52.5 Å². The number of nitrogens with one attached hydrogen (secondary N) is 1. The van der Waals surface area contributed by atoms with Crippen LogP contribution in [0.3, 0.4) is 0 Å². The van der Waals surface area contributed by atoms with Gasteiger partial charge in [0.25, 0.3) is 17.7 Å². The third-order valence-corrected chi connectivity index (χ3v) is 8.43. The van der Waals surface area contributed by atoms with Crippen molar-refractivity contribution < 1.29 is 23.9 Å². The van der Waals surface area contributed by atoms with E-state index in [2.05, 4.69) is 21.2 Å². The van der Waals surface area contributed by atoms with Crippen molar-refractivity contribution in [3.8, 4) is 0 Å². The Bertz CT molecular complexity index is 1240. The molecule has 36 heavy (non-hydrogen) atoms. The van der Waals surface area contributed by atoms with Crippen LogP contribution in [0.5, 0.6) is 0 Å². The maximum absolute atomic E-state index is 13.2. The Morgan fingerprint density at radius 3 is 2.08 bits per heavy atom. The molecule has 3 amide bonds. The van der Waals surface area contributed by atoms with E-state index in [4.69, 9.17) is 62.7 Å². The van der Waals surface area contributed by atoms with Crippen molar-refractivity contribution in [3.63, 3.8) is 0 Å². The summed E-state index contributed by atoms with van der Waals surface area (Å²) < 4.78 is 5.85. The summed E-state index contributed by atoms with van der Waals surface area (Å²) in [6.07, 6.45) is 1.25. The van der Waals surface area contributed by atoms with Crippen molar-refractivity contribution in [2.45, 2.75) is 39.2 Å². The SMILES string of the molecule is CCCC[C@@H](C(=O)OCC(=O)Nc1cc(Cl)c(Br)cc1C)N1C(=O)c2c(Cl)c(Cl)c(Cl)c(Cl)c2C1=O. The molecule has 7 nitrogen and oxygen atoms in total. The maximum Gasteiger partial charge on any atom is 0.329 e. The van der Waals surface area contributed by atoms with Crippen LogP contribution < -0.4 is 5.32 Å². The van der Waals surface area contributed by atoms with E-state index in [-0.39, 0.29) is 37.6 Å². The molecule has 0 radical (unpaired) electrons. The molecular weight excluding hydrogens is 641 g/mol. The number of nitrogens with zero attached hydrogens (tertiary/aromatic N) is 1. The van der Waals surface area contributed by atoms with Gasteiger partial charge in [-0.2, -0.15) is 0 Å². The largest absolute Gasteiger partial charge is 0.454 e. The van der Waals surface area contributed by atoms with E-state index in [1.807, 2.05) is 6.92 Å². The molecule has 3 rings (SSSR count). The second-order valence-corrected chi connectivity index (χ2v) is 10.7. The Labute approximate surface area is 240 Å². The molecular formula is C23H18BrCl5N2O5. The fourth-order valence-corrected chi connectivity index (χ4v) is 5.24. The Morgan fingerprint density at radius 2 is 1.56 bits per heavy atom. The van der Waals surface area contributed by atoms with Gasteiger partial charge >= 0.3 is 5.97 Å². The van der Waals surface area contributed by atoms with Crippen molar-refractivity contribution in [1.29, 1.82) is 0 Å². The standard InChI is InChI=1S/C23H18BrCl5N2O5/c1-3-4-5-13(23(35)36-8-14(32)30-12-7-11(25)10(24)6-9(12)2)31-21(33)15-16(22(31)34)18(27)20(29)19(28)17(15)26/h6-7,13H,3-5,8H2,1-2H3,(H,30,32)/t13-/m0/s1. The average Bonchev–Trinajstić information content (AvgIpc) is 3.09. The van der Waals surface area contributed by atoms with Crippen LogP contribution in [0.25, 0.3) is 0 Å². The zero-order valence-corrected chi connectivity index (χ0v) is 24.2. The van der Waals surface area contributed by atoms with Gasteiger partial charge < -0.3 is 10.1 Å². The number of ether oxygens (including phenoxy) is 1. The summed E-state index contributed by atoms with van der Waals surface area (Å²) in [6, 6.07) is 1.95. The number of aryl methyl sites for hydroxylation is 1. The Hall–Kier alpha value is -1.55. The number of amides is 3. The quantitative estimate of drug-likeness (QED) is 0.138. The zero-order chi connectivity index (χ0) is 26.9. The van der Waals surface area contributed by atoms with E-state index in [1.165, 1.54) is 0 Å². The lowest BCUT2D eigenvalue weighted by Crippen LogP contribution is -2.46. The number of rotatable bonds is 8. The summed E-state index contributed by atoms with van der Waals surface area (Å²) in [4.78, 5) is 52.5. The van der Waals surface area contributed by atoms with Crippen molar-refractivity contribution in [2.75, 3.05) is 11.9 Å². The minimum absolute atomic E-state index is 0.0978. The summed E-state index contributed by atoms with van der Waals surface area (Å²) in [5, 5.41) is 2.14. The van der Waals surface area contributed by atoms with Crippen LogP contribution in [-0.2, 0) is 14.3 Å². The fourth-order valence-electron chi connectivity index (χ4n) is 3.60. The Kier molecular flexibility index (Phi) is 9.57. The number of carbonyl (C=O) groups is 4. The molecule has 0 fully saturated rings. The second kappa shape index (κ2) is 11.9. The third-order valence-electron chi connectivity index (χ3n) is 5.43. The van der Waals surface area contributed by atoms with Crippen molar-refractivity contribution in [2.24, 2.45) is 0 Å². The topological polar surface area (TPSA) is 92.8 Å². The van der Waals surface area contributed by atoms with E-state index < -0.39 is 36.3 Å². The molecule has 1 heterocycles. The number of hydrogen-bond acceptors (Lipinski definition) is 5. The van der Waals surface area contributed by atoms with Crippen molar-refractivity contribution in [1.82, 2.24) is 4.90 Å². The highest BCUT2D eigenvalue weighted by molar-refractivity contribution is 9.10. The number of anilines is 1. The number of halogens is 6. The van der Waals surface area contributed by atoms with Crippen LogP contribution >= 0.6 is 73.9 Å². The van der Waals surface area contributed by atoms with E-state index in [0.29, 0.717) is 28.0 Å². The molecule has 0 spiro atoms. The van der Waals surface area contributed by atoms with Crippen molar-refractivity contribution in [3.05, 3.63) is 58.4 Å². The predicted octanol–water partition coefficient (Wildman–Crippen LogP) is 7.36. The molecule has 1 atom stereocenters. The summed E-state index contributed by atoms with van der Waals surface area (Å²) in [5.74, 6) is -3.29. The fraction of sp³-hybridized carbons (Fsp3) is 0.304. The van der Waals surface area contributed by atoms with Gasteiger partial charge in [-0.25, -0.2) is 4.79 Å². The molecule has 1 aliphatic rings. The number of unbranched alkanes of at least 4 members (excludes halogenated alkanes) is 1. The van der Waals surface area contributed by atoms with Gasteiger partial charge in [0.2, 0.25) is 0 Å². The number of fused-ring (bicyclic) bond motifs is 1. The normalized spacial score (nSPS) is 13.6. The average molecular weight is 660 g/mol. The van der Waals surface area contributed by atoms with Gasteiger partial charge in [-0.15, -0.1) is 0 Å². The smallest absolute Gasteiger partial charge is 0.329 e. The van der Waals surface area contributed by atoms with Gasteiger partial charge in [0, 0.05) is 10.2 Å². The lowest BCUT2D eigenvalue weighted by Gasteiger charge is -2.24. The molecule has 0 aliphatic carbocycles. The highest BCUT2D eigenvalue weighted by atomic mass is 79.9. The summed E-state index contributed by atoms with van der Waals surface area (Å²) in [7, 11) is 0. The monoisotopic (exact) mass is 656 g/mol. The van der Waals surface area contributed by atoms with E-state index in [9.17, 15) is 19.2 Å². The molecule has 0 saturated carbocycles. The maximum atomic E-state index is 13.2. The molecule has 1 aliphatic heterocycles. The summed E-state index contributed by atoms with van der Waals surface area (Å²) in [6.45, 7) is 2.98. The van der Waals surface area contributed by atoms with Crippen LogP contribution in [0.4, 0.5) is 5.69 Å². The molecule has 1 N–H and O–H groups in total. The van der Waals surface area contributed by atoms with E-state index >= 15 is 0 Å². The first kappa shape index (κ1) is 29.0. The minimum Gasteiger partial charge on any atom is -0.454 e. The highest BCUT2D eigenvalue weighted by Crippen LogP contribution is 2.45. The number of esters is 1. The summed E-state index contributed by atoms with van der Waals surface area (Å²) in [5.41, 5.74) is 0.681. The first-order valence-corrected chi connectivity index (χ1v) is 13.2. The van der Waals surface area contributed by atoms with Gasteiger partial charge in [0.05, 0.1) is 36.2 Å².